The third-order valence-corrected chi connectivity index (χ3v) is 10.9. The van der Waals surface area contributed by atoms with Crippen molar-refractivity contribution < 1.29 is 28.6 Å². The molecular formula is C40H42F2N8O4. The van der Waals surface area contributed by atoms with Gasteiger partial charge in [0.2, 0.25) is 12.3 Å². The average Bonchev–Trinajstić information content (AvgIpc) is 3.57. The zero-order valence-corrected chi connectivity index (χ0v) is 29.9. The van der Waals surface area contributed by atoms with Crippen LogP contribution < -0.4 is 10.2 Å². The van der Waals surface area contributed by atoms with Crippen molar-refractivity contribution in [2.75, 3.05) is 31.1 Å². The summed E-state index contributed by atoms with van der Waals surface area (Å²) in [5.74, 6) is -1.09. The Hall–Kier alpha value is -5.44. The number of phenols is 1. The van der Waals surface area contributed by atoms with Gasteiger partial charge < -0.3 is 24.8 Å². The van der Waals surface area contributed by atoms with E-state index >= 15 is 0 Å². The normalized spacial score (nSPS) is 20.8. The van der Waals surface area contributed by atoms with Gasteiger partial charge in [-0.15, -0.1) is 0 Å². The van der Waals surface area contributed by atoms with Gasteiger partial charge in [0, 0.05) is 76.4 Å². The van der Waals surface area contributed by atoms with Gasteiger partial charge in [-0.1, -0.05) is 18.2 Å². The van der Waals surface area contributed by atoms with Gasteiger partial charge in [0.05, 0.1) is 17.5 Å². The molecule has 1 unspecified atom stereocenters. The lowest BCUT2D eigenvalue weighted by atomic mass is 9.89. The summed E-state index contributed by atoms with van der Waals surface area (Å²) in [5, 5.41) is 26.0. The maximum Gasteiger partial charge on any atom is 0.261 e. The van der Waals surface area contributed by atoms with Gasteiger partial charge in [-0.2, -0.15) is 0 Å². The van der Waals surface area contributed by atoms with Crippen molar-refractivity contribution >= 4 is 29.0 Å². The number of pyridine rings is 2. The van der Waals surface area contributed by atoms with Crippen molar-refractivity contribution in [2.45, 2.75) is 64.1 Å². The van der Waals surface area contributed by atoms with Crippen molar-refractivity contribution in [1.82, 2.24) is 34.4 Å². The number of imidazole rings is 1. The van der Waals surface area contributed by atoms with E-state index in [1.54, 1.807) is 40.6 Å². The number of aromatic nitrogens is 3. The van der Waals surface area contributed by atoms with Crippen LogP contribution in [0.3, 0.4) is 0 Å². The van der Waals surface area contributed by atoms with Crippen molar-refractivity contribution in [3.05, 3.63) is 108 Å². The minimum absolute atomic E-state index is 0.0594. The molecule has 0 radical (unpaired) electrons. The number of hydrogen-bond donors (Lipinski definition) is 3. The summed E-state index contributed by atoms with van der Waals surface area (Å²) in [7, 11) is 0. The van der Waals surface area contributed by atoms with E-state index in [1.807, 2.05) is 35.2 Å². The number of carbonyl (C=O) groups excluding carboxylic acids is 2. The minimum atomic E-state index is -1.40. The molecule has 8 rings (SSSR count). The van der Waals surface area contributed by atoms with Crippen LogP contribution in [0.25, 0.3) is 16.8 Å². The highest BCUT2D eigenvalue weighted by atomic mass is 19.1. The smallest absolute Gasteiger partial charge is 0.261 e. The Morgan fingerprint density at radius 1 is 0.926 bits per heavy atom. The number of benzene rings is 2. The van der Waals surface area contributed by atoms with Gasteiger partial charge in [0.15, 0.2) is 0 Å². The predicted molar refractivity (Wildman–Crippen MR) is 198 cm³/mol. The van der Waals surface area contributed by atoms with E-state index in [0.29, 0.717) is 63.4 Å². The van der Waals surface area contributed by atoms with Crippen LogP contribution in [0.4, 0.5) is 20.3 Å². The summed E-state index contributed by atoms with van der Waals surface area (Å²) in [4.78, 5) is 41.8. The van der Waals surface area contributed by atoms with Crippen LogP contribution >= 0.6 is 0 Å². The number of aliphatic hydroxyl groups excluding tert-OH is 1. The van der Waals surface area contributed by atoms with E-state index in [-0.39, 0.29) is 40.9 Å². The van der Waals surface area contributed by atoms with Crippen LogP contribution in [0.1, 0.15) is 54.2 Å². The number of nitrogens with zero attached hydrogens (tertiary/aromatic N) is 7. The molecular weight excluding hydrogens is 694 g/mol. The molecule has 2 amide bonds. The molecule has 1 saturated heterocycles. The Balaban J connectivity index is 1.02. The van der Waals surface area contributed by atoms with Crippen LogP contribution in [-0.4, -0.2) is 95.7 Å². The topological polar surface area (TPSA) is 130 Å². The fraction of sp³-hybridized carbons (Fsp3) is 0.350. The van der Waals surface area contributed by atoms with E-state index in [2.05, 4.69) is 20.2 Å². The Morgan fingerprint density at radius 2 is 1.72 bits per heavy atom. The molecule has 5 aromatic rings. The molecule has 280 valence electrons. The molecule has 5 heterocycles. The Bertz CT molecular complexity index is 2200. The van der Waals surface area contributed by atoms with E-state index in [4.69, 9.17) is 0 Å². The van der Waals surface area contributed by atoms with Gasteiger partial charge in [-0.25, -0.2) is 18.7 Å². The number of aromatic hydroxyl groups is 1. The lowest BCUT2D eigenvalue weighted by molar-refractivity contribution is -0.130. The van der Waals surface area contributed by atoms with Crippen molar-refractivity contribution in [3.63, 3.8) is 0 Å². The summed E-state index contributed by atoms with van der Waals surface area (Å²) in [6.07, 6.45) is 5.54. The molecule has 1 saturated carbocycles. The van der Waals surface area contributed by atoms with Crippen molar-refractivity contribution in [2.24, 2.45) is 0 Å². The predicted octanol–water partition coefficient (Wildman–Crippen LogP) is 5.02. The summed E-state index contributed by atoms with van der Waals surface area (Å²) in [5.41, 5.74) is 4.71. The molecule has 54 heavy (non-hydrogen) atoms. The van der Waals surface area contributed by atoms with Crippen molar-refractivity contribution in [3.8, 4) is 16.9 Å². The fourth-order valence-electron chi connectivity index (χ4n) is 8.06. The fourth-order valence-corrected chi connectivity index (χ4v) is 8.06. The third kappa shape index (κ3) is 7.11. The van der Waals surface area contributed by atoms with Crippen LogP contribution in [-0.2, 0) is 17.9 Å². The number of aliphatic hydroxyl groups is 1. The monoisotopic (exact) mass is 736 g/mol. The number of phenolic OH excluding ortho intramolecular Hbond substituents is 1. The Labute approximate surface area is 311 Å². The van der Waals surface area contributed by atoms with Crippen LogP contribution in [0.5, 0.6) is 5.75 Å². The SMILES string of the molecule is CC(=O)N1CCN(Cc2cc(O)ccc2-c2cccc(N3c4ncc(F)cc4C(=O)N(C4CCC(NCc5cn6cc(F)ccc6n5)CC4)C3O)c2)CC1. The molecule has 0 bridgehead atoms. The highest BCUT2D eigenvalue weighted by Crippen LogP contribution is 2.40. The third-order valence-electron chi connectivity index (χ3n) is 10.9. The lowest BCUT2D eigenvalue weighted by Gasteiger charge is -2.46. The molecule has 1 atom stereocenters. The number of amides is 2. The van der Waals surface area contributed by atoms with Crippen LogP contribution in [0, 0.1) is 11.6 Å². The van der Waals surface area contributed by atoms with Gasteiger partial charge in [-0.3, -0.25) is 24.3 Å². The van der Waals surface area contributed by atoms with Crippen LogP contribution in [0.15, 0.2) is 79.3 Å². The number of nitrogens with one attached hydrogen (secondary N) is 1. The first-order chi connectivity index (χ1) is 26.1. The molecule has 3 aromatic heterocycles. The number of carbonyl (C=O) groups is 2. The first-order valence-corrected chi connectivity index (χ1v) is 18.3. The molecule has 0 spiro atoms. The number of halogens is 2. The van der Waals surface area contributed by atoms with E-state index in [0.717, 1.165) is 41.4 Å². The maximum atomic E-state index is 14.7. The second-order valence-electron chi connectivity index (χ2n) is 14.4. The standard InChI is InChI=1S/C40H42F2N8O4/c1-25(51)47-15-13-46(14-16-47)22-27-18-34(52)10-11-35(27)26-3-2-4-33(17-26)49-38-36(19-29(42)20-44-38)39(53)50(40(49)54)32-8-6-30(7-9-32)43-21-31-24-48-23-28(41)5-12-37(48)45-31/h2-5,10-12,17-20,23-24,30,32,40,43,52,54H,6-9,13-16,21-22H2,1H3. The summed E-state index contributed by atoms with van der Waals surface area (Å²) >= 11 is 0. The maximum absolute atomic E-state index is 14.7. The largest absolute Gasteiger partial charge is 0.508 e. The number of anilines is 2. The molecule has 2 aliphatic heterocycles. The zero-order chi connectivity index (χ0) is 37.5. The van der Waals surface area contributed by atoms with E-state index < -0.39 is 18.1 Å². The molecule has 3 aliphatic rings. The average molecular weight is 737 g/mol. The highest BCUT2D eigenvalue weighted by Gasteiger charge is 2.43. The van der Waals surface area contributed by atoms with E-state index in [1.165, 1.54) is 23.2 Å². The first kappa shape index (κ1) is 35.6. The molecule has 1 aliphatic carbocycles. The number of rotatable bonds is 8. The Morgan fingerprint density at radius 3 is 2.50 bits per heavy atom. The van der Waals surface area contributed by atoms with Gasteiger partial charge in [0.1, 0.15) is 28.8 Å². The second kappa shape index (κ2) is 14.8. The Kier molecular flexibility index (Phi) is 9.73. The van der Waals surface area contributed by atoms with Crippen LogP contribution in [0.2, 0.25) is 0 Å². The van der Waals surface area contributed by atoms with Crippen molar-refractivity contribution in [1.29, 1.82) is 0 Å². The lowest BCUT2D eigenvalue weighted by Crippen LogP contribution is -2.58. The summed E-state index contributed by atoms with van der Waals surface area (Å²) < 4.78 is 30.0. The first-order valence-electron chi connectivity index (χ1n) is 18.3. The quantitative estimate of drug-likeness (QED) is 0.201. The van der Waals surface area contributed by atoms with Gasteiger partial charge in [0.25, 0.3) is 5.91 Å². The molecule has 2 aromatic carbocycles. The second-order valence-corrected chi connectivity index (χ2v) is 14.4. The molecule has 14 heteroatoms. The summed E-state index contributed by atoms with van der Waals surface area (Å²) in [6.45, 7) is 5.34. The van der Waals surface area contributed by atoms with Gasteiger partial charge >= 0.3 is 0 Å². The minimum Gasteiger partial charge on any atom is -0.508 e. The van der Waals surface area contributed by atoms with E-state index in [9.17, 15) is 28.6 Å². The number of fused-ring (bicyclic) bond motifs is 2. The number of hydrogen-bond acceptors (Lipinski definition) is 9. The zero-order valence-electron chi connectivity index (χ0n) is 29.9. The highest BCUT2D eigenvalue weighted by molar-refractivity contribution is 6.02. The summed E-state index contributed by atoms with van der Waals surface area (Å²) in [6, 6.07) is 16.8. The molecule has 2 fully saturated rings. The van der Waals surface area contributed by atoms with Gasteiger partial charge in [-0.05, 0) is 84.8 Å². The molecule has 3 N–H and O–H groups in total. The molecule has 12 nitrogen and oxygen atoms in total. The number of piperazine rings is 1.